The van der Waals surface area contributed by atoms with E-state index in [9.17, 15) is 4.79 Å². The molecule has 0 spiro atoms. The lowest BCUT2D eigenvalue weighted by Crippen LogP contribution is -2.36. The van der Waals surface area contributed by atoms with Gasteiger partial charge in [0.25, 0.3) is 5.91 Å². The third kappa shape index (κ3) is 3.99. The lowest BCUT2D eigenvalue weighted by atomic mass is 10.0. The van der Waals surface area contributed by atoms with Crippen molar-refractivity contribution in [2.24, 2.45) is 0 Å². The predicted octanol–water partition coefficient (Wildman–Crippen LogP) is 3.56. The van der Waals surface area contributed by atoms with Crippen molar-refractivity contribution in [1.82, 2.24) is 10.2 Å². The van der Waals surface area contributed by atoms with Crippen molar-refractivity contribution < 1.29 is 4.79 Å². The molecular formula is C20H24N2O. The molecular weight excluding hydrogens is 284 g/mol. The Kier molecular flexibility index (Phi) is 5.09. The molecule has 120 valence electrons. The molecule has 1 atom stereocenters. The van der Waals surface area contributed by atoms with Crippen LogP contribution in [0.25, 0.3) is 0 Å². The van der Waals surface area contributed by atoms with Gasteiger partial charge in [-0.3, -0.25) is 9.69 Å². The van der Waals surface area contributed by atoms with Crippen LogP contribution in [0.1, 0.15) is 40.4 Å². The van der Waals surface area contributed by atoms with Crippen LogP contribution in [0.15, 0.2) is 54.6 Å². The summed E-state index contributed by atoms with van der Waals surface area (Å²) in [5, 5.41) is 3.11. The molecule has 23 heavy (non-hydrogen) atoms. The summed E-state index contributed by atoms with van der Waals surface area (Å²) >= 11 is 0. The molecule has 1 aliphatic heterocycles. The first-order chi connectivity index (χ1) is 11.2. The SMILES string of the molecule is Cc1ccc(C(CNC(=O)c2ccccc2)N2CCCC2)cc1. The number of carbonyl (C=O) groups is 1. The van der Waals surface area contributed by atoms with Crippen molar-refractivity contribution >= 4 is 5.91 Å². The zero-order valence-corrected chi connectivity index (χ0v) is 13.7. The topological polar surface area (TPSA) is 32.3 Å². The summed E-state index contributed by atoms with van der Waals surface area (Å²) < 4.78 is 0. The summed E-state index contributed by atoms with van der Waals surface area (Å²) in [6, 6.07) is 18.4. The largest absolute Gasteiger partial charge is 0.350 e. The summed E-state index contributed by atoms with van der Waals surface area (Å²) in [5.41, 5.74) is 3.27. The third-order valence-corrected chi connectivity index (χ3v) is 4.54. The molecule has 3 heteroatoms. The molecule has 1 amide bonds. The number of amides is 1. The Balaban J connectivity index is 1.71. The van der Waals surface area contributed by atoms with Crippen molar-refractivity contribution in [2.75, 3.05) is 19.6 Å². The van der Waals surface area contributed by atoms with Gasteiger partial charge in [0.2, 0.25) is 0 Å². The predicted molar refractivity (Wildman–Crippen MR) is 93.5 cm³/mol. The molecule has 0 aliphatic carbocycles. The Morgan fingerprint density at radius 3 is 2.35 bits per heavy atom. The van der Waals surface area contributed by atoms with E-state index in [2.05, 4.69) is 41.4 Å². The van der Waals surface area contributed by atoms with Gasteiger partial charge in [0.05, 0.1) is 6.04 Å². The highest BCUT2D eigenvalue weighted by Crippen LogP contribution is 2.25. The molecule has 0 aromatic heterocycles. The maximum atomic E-state index is 12.3. The van der Waals surface area contributed by atoms with Crippen LogP contribution >= 0.6 is 0 Å². The second-order valence-electron chi connectivity index (χ2n) is 6.25. The molecule has 2 aromatic carbocycles. The van der Waals surface area contributed by atoms with Gasteiger partial charge in [-0.1, -0.05) is 48.0 Å². The van der Waals surface area contributed by atoms with E-state index in [0.29, 0.717) is 6.54 Å². The van der Waals surface area contributed by atoms with Gasteiger partial charge < -0.3 is 5.32 Å². The first-order valence-corrected chi connectivity index (χ1v) is 8.38. The van der Waals surface area contributed by atoms with Crippen LogP contribution in [0.2, 0.25) is 0 Å². The number of carbonyl (C=O) groups excluding carboxylic acids is 1. The first-order valence-electron chi connectivity index (χ1n) is 8.38. The maximum Gasteiger partial charge on any atom is 0.251 e. The zero-order valence-electron chi connectivity index (χ0n) is 13.7. The zero-order chi connectivity index (χ0) is 16.1. The van der Waals surface area contributed by atoms with Crippen LogP contribution in [0.3, 0.4) is 0 Å². The lowest BCUT2D eigenvalue weighted by Gasteiger charge is -2.28. The van der Waals surface area contributed by atoms with E-state index in [4.69, 9.17) is 0 Å². The van der Waals surface area contributed by atoms with Gasteiger partial charge >= 0.3 is 0 Å². The standard InChI is InChI=1S/C20H24N2O/c1-16-9-11-17(12-10-16)19(22-13-5-6-14-22)15-21-20(23)18-7-3-2-4-8-18/h2-4,7-12,19H,5-6,13-15H2,1H3,(H,21,23). The number of rotatable bonds is 5. The Morgan fingerprint density at radius 2 is 1.70 bits per heavy atom. The Labute approximate surface area is 138 Å². The Bertz CT molecular complexity index is 630. The lowest BCUT2D eigenvalue weighted by molar-refractivity contribution is 0.0938. The van der Waals surface area contributed by atoms with Gasteiger partial charge in [-0.25, -0.2) is 0 Å². The Hall–Kier alpha value is -2.13. The quantitative estimate of drug-likeness (QED) is 0.916. The highest BCUT2D eigenvalue weighted by atomic mass is 16.1. The van der Waals surface area contributed by atoms with Crippen molar-refractivity contribution in [2.45, 2.75) is 25.8 Å². The molecule has 1 unspecified atom stereocenters. The minimum Gasteiger partial charge on any atom is -0.350 e. The summed E-state index contributed by atoms with van der Waals surface area (Å²) in [5.74, 6) is 0.00177. The van der Waals surface area contributed by atoms with E-state index in [-0.39, 0.29) is 11.9 Å². The molecule has 3 rings (SSSR count). The minimum atomic E-state index is 0.00177. The summed E-state index contributed by atoms with van der Waals surface area (Å²) in [7, 11) is 0. The molecule has 0 saturated carbocycles. The molecule has 0 radical (unpaired) electrons. The van der Waals surface area contributed by atoms with Crippen LogP contribution in [0, 0.1) is 6.92 Å². The number of likely N-dealkylation sites (tertiary alicyclic amines) is 1. The Morgan fingerprint density at radius 1 is 1.04 bits per heavy atom. The van der Waals surface area contributed by atoms with Gasteiger partial charge in [0, 0.05) is 12.1 Å². The maximum absolute atomic E-state index is 12.3. The van der Waals surface area contributed by atoms with Gasteiger partial charge in [0.1, 0.15) is 0 Å². The van der Waals surface area contributed by atoms with Crippen LogP contribution in [0.4, 0.5) is 0 Å². The number of nitrogens with one attached hydrogen (secondary N) is 1. The first kappa shape index (κ1) is 15.8. The fraction of sp³-hybridized carbons (Fsp3) is 0.350. The fourth-order valence-corrected chi connectivity index (χ4v) is 3.18. The molecule has 1 fully saturated rings. The van der Waals surface area contributed by atoms with Gasteiger partial charge in [-0.2, -0.15) is 0 Å². The van der Waals surface area contributed by atoms with Crippen molar-refractivity contribution in [3.63, 3.8) is 0 Å². The smallest absolute Gasteiger partial charge is 0.251 e. The normalized spacial score (nSPS) is 16.2. The minimum absolute atomic E-state index is 0.00177. The van der Waals surface area contributed by atoms with Gasteiger partial charge in [-0.05, 0) is 50.6 Å². The van der Waals surface area contributed by atoms with Crippen LogP contribution in [-0.4, -0.2) is 30.4 Å². The van der Waals surface area contributed by atoms with E-state index < -0.39 is 0 Å². The summed E-state index contributed by atoms with van der Waals surface area (Å²) in [6.07, 6.45) is 2.49. The number of hydrogen-bond acceptors (Lipinski definition) is 2. The fourth-order valence-electron chi connectivity index (χ4n) is 3.18. The van der Waals surface area contributed by atoms with E-state index in [1.165, 1.54) is 24.0 Å². The van der Waals surface area contributed by atoms with Crippen LogP contribution < -0.4 is 5.32 Å². The highest BCUT2D eigenvalue weighted by molar-refractivity contribution is 5.94. The summed E-state index contributed by atoms with van der Waals surface area (Å²) in [4.78, 5) is 14.8. The number of aryl methyl sites for hydroxylation is 1. The van der Waals surface area contributed by atoms with E-state index in [1.807, 2.05) is 30.3 Å². The van der Waals surface area contributed by atoms with Crippen LogP contribution in [0.5, 0.6) is 0 Å². The van der Waals surface area contributed by atoms with E-state index >= 15 is 0 Å². The van der Waals surface area contributed by atoms with Crippen molar-refractivity contribution in [3.05, 3.63) is 71.3 Å². The van der Waals surface area contributed by atoms with Gasteiger partial charge in [0.15, 0.2) is 0 Å². The molecule has 1 heterocycles. The molecule has 0 bridgehead atoms. The van der Waals surface area contributed by atoms with Crippen molar-refractivity contribution in [1.29, 1.82) is 0 Å². The second-order valence-corrected chi connectivity index (χ2v) is 6.25. The highest BCUT2D eigenvalue weighted by Gasteiger charge is 2.24. The monoisotopic (exact) mass is 308 g/mol. The average molecular weight is 308 g/mol. The van der Waals surface area contributed by atoms with Gasteiger partial charge in [-0.15, -0.1) is 0 Å². The number of benzene rings is 2. The van der Waals surface area contributed by atoms with E-state index in [0.717, 1.165) is 18.7 Å². The molecule has 1 N–H and O–H groups in total. The second kappa shape index (κ2) is 7.42. The molecule has 1 aliphatic rings. The van der Waals surface area contributed by atoms with E-state index in [1.54, 1.807) is 0 Å². The number of hydrogen-bond donors (Lipinski definition) is 1. The van der Waals surface area contributed by atoms with Crippen molar-refractivity contribution in [3.8, 4) is 0 Å². The average Bonchev–Trinajstić information content (AvgIpc) is 3.11. The summed E-state index contributed by atoms with van der Waals surface area (Å²) in [6.45, 7) is 4.97. The number of nitrogens with zero attached hydrogens (tertiary/aromatic N) is 1. The molecule has 2 aromatic rings. The van der Waals surface area contributed by atoms with Crippen LogP contribution in [-0.2, 0) is 0 Å². The third-order valence-electron chi connectivity index (χ3n) is 4.54. The molecule has 1 saturated heterocycles. The molecule has 3 nitrogen and oxygen atoms in total.